The third-order valence-corrected chi connectivity index (χ3v) is 5.28. The van der Waals surface area contributed by atoms with Gasteiger partial charge in [-0.2, -0.15) is 0 Å². The predicted octanol–water partition coefficient (Wildman–Crippen LogP) is 2.77. The minimum Gasteiger partial charge on any atom is -0.469 e. The molecule has 0 aliphatic carbocycles. The van der Waals surface area contributed by atoms with Crippen molar-refractivity contribution in [2.75, 3.05) is 17.7 Å². The first-order valence-corrected chi connectivity index (χ1v) is 12.3. The summed E-state index contributed by atoms with van der Waals surface area (Å²) in [5, 5.41) is 32.8. The molecule has 2 rings (SSSR count). The highest BCUT2D eigenvalue weighted by atomic mass is 16.5. The first kappa shape index (κ1) is 32.2. The van der Waals surface area contributed by atoms with E-state index in [1.165, 1.54) is 12.6 Å². The number of carbonyl (C=O) groups excluding carboxylic acids is 4. The van der Waals surface area contributed by atoms with Gasteiger partial charge in [0.25, 0.3) is 11.8 Å². The molecule has 0 heterocycles. The van der Waals surface area contributed by atoms with E-state index in [9.17, 15) is 29.4 Å². The van der Waals surface area contributed by atoms with Gasteiger partial charge >= 0.3 is 5.97 Å². The zero-order valence-corrected chi connectivity index (χ0v) is 21.5. The quantitative estimate of drug-likeness (QED) is 0.0934. The zero-order valence-electron chi connectivity index (χ0n) is 21.5. The Hall–Kier alpha value is -3.80. The highest BCUT2D eigenvalue weighted by Crippen LogP contribution is 2.10. The molecule has 0 fully saturated rings. The lowest BCUT2D eigenvalue weighted by Gasteiger charge is -2.11. The minimum absolute atomic E-state index is 0.170. The fourth-order valence-corrected chi connectivity index (χ4v) is 3.14. The van der Waals surface area contributed by atoms with Crippen LogP contribution < -0.4 is 16.1 Å². The number of para-hydroxylation sites is 2. The molecule has 208 valence electrons. The number of aliphatic hydroxyl groups is 2. The van der Waals surface area contributed by atoms with Gasteiger partial charge in [-0.1, -0.05) is 36.4 Å². The van der Waals surface area contributed by atoms with Crippen LogP contribution in [0.25, 0.3) is 0 Å². The topological polar surface area (TPSA) is 174 Å². The van der Waals surface area contributed by atoms with E-state index in [4.69, 9.17) is 5.21 Å². The average molecular weight is 532 g/mol. The SMILES string of the molecule is COC(=O)CCCCC(O)C(=O)Nc1ccccc1.O=C(CCCCC(O)C(=O)Nc1ccccc1)NO. The van der Waals surface area contributed by atoms with Crippen LogP contribution in [0.15, 0.2) is 60.7 Å². The van der Waals surface area contributed by atoms with Crippen LogP contribution in [0.5, 0.6) is 0 Å². The second kappa shape index (κ2) is 19.3. The summed E-state index contributed by atoms with van der Waals surface area (Å²) in [5.41, 5.74) is 2.81. The van der Waals surface area contributed by atoms with Gasteiger partial charge < -0.3 is 25.6 Å². The zero-order chi connectivity index (χ0) is 28.2. The predicted molar refractivity (Wildman–Crippen MR) is 141 cm³/mol. The number of anilines is 2. The second-order valence-corrected chi connectivity index (χ2v) is 8.34. The van der Waals surface area contributed by atoms with E-state index in [1.54, 1.807) is 48.5 Å². The van der Waals surface area contributed by atoms with Gasteiger partial charge in [-0.25, -0.2) is 5.48 Å². The molecule has 3 amide bonds. The number of aliphatic hydroxyl groups excluding tert-OH is 2. The van der Waals surface area contributed by atoms with E-state index in [0.717, 1.165) is 0 Å². The first-order valence-electron chi connectivity index (χ1n) is 12.3. The molecule has 11 heteroatoms. The molecule has 6 N–H and O–H groups in total. The van der Waals surface area contributed by atoms with Crippen LogP contribution >= 0.6 is 0 Å². The van der Waals surface area contributed by atoms with Gasteiger partial charge in [0.15, 0.2) is 0 Å². The highest BCUT2D eigenvalue weighted by Gasteiger charge is 2.15. The first-order chi connectivity index (χ1) is 18.3. The Labute approximate surface area is 222 Å². The van der Waals surface area contributed by atoms with Crippen molar-refractivity contribution in [2.45, 2.75) is 63.6 Å². The third kappa shape index (κ3) is 14.7. The summed E-state index contributed by atoms with van der Waals surface area (Å²) in [6.45, 7) is 0. The number of amides is 3. The molecule has 38 heavy (non-hydrogen) atoms. The van der Waals surface area contributed by atoms with Crippen LogP contribution in [0.4, 0.5) is 11.4 Å². The summed E-state index contributed by atoms with van der Waals surface area (Å²) >= 11 is 0. The molecule has 2 unspecified atom stereocenters. The largest absolute Gasteiger partial charge is 0.469 e. The Morgan fingerprint density at radius 2 is 1.13 bits per heavy atom. The Kier molecular flexibility index (Phi) is 16.4. The van der Waals surface area contributed by atoms with Crippen molar-refractivity contribution >= 4 is 35.1 Å². The van der Waals surface area contributed by atoms with Crippen molar-refractivity contribution in [1.29, 1.82) is 0 Å². The van der Waals surface area contributed by atoms with Gasteiger partial charge in [0.2, 0.25) is 5.91 Å². The maximum Gasteiger partial charge on any atom is 0.305 e. The molecular weight excluding hydrogens is 494 g/mol. The van der Waals surface area contributed by atoms with Crippen LogP contribution in [0.1, 0.15) is 51.4 Å². The van der Waals surface area contributed by atoms with Crippen molar-refractivity contribution in [3.05, 3.63) is 60.7 Å². The average Bonchev–Trinajstić information content (AvgIpc) is 2.94. The summed E-state index contributed by atoms with van der Waals surface area (Å²) in [5.74, 6) is -1.63. The Morgan fingerprint density at radius 1 is 0.711 bits per heavy atom. The number of benzene rings is 2. The van der Waals surface area contributed by atoms with Crippen LogP contribution in [-0.4, -0.2) is 58.4 Å². The lowest BCUT2D eigenvalue weighted by Crippen LogP contribution is -2.27. The monoisotopic (exact) mass is 531 g/mol. The fraction of sp³-hybridized carbons (Fsp3) is 0.407. The molecule has 0 radical (unpaired) electrons. The standard InChI is InChI=1S/C14H19NO4.C13H18N2O4/c1-19-13(17)10-6-5-9-12(16)14(18)15-11-7-3-2-4-8-11;16-11(8-4-5-9-12(17)15-19)13(18)14-10-6-2-1-3-7-10/h2-4,7-8,12,16H,5-6,9-10H2,1H3,(H,15,18);1-3,6-7,11,16,19H,4-5,8-9H2,(H,14,18)(H,15,17). The van der Waals surface area contributed by atoms with E-state index >= 15 is 0 Å². The second-order valence-electron chi connectivity index (χ2n) is 8.34. The van der Waals surface area contributed by atoms with Crippen LogP contribution in [-0.2, 0) is 23.9 Å². The van der Waals surface area contributed by atoms with Crippen molar-refractivity contribution in [1.82, 2.24) is 5.48 Å². The normalized spacial score (nSPS) is 11.7. The number of esters is 1. The van der Waals surface area contributed by atoms with Gasteiger partial charge in [0, 0.05) is 24.2 Å². The molecular formula is C27H37N3O8. The smallest absolute Gasteiger partial charge is 0.305 e. The van der Waals surface area contributed by atoms with Gasteiger partial charge in [-0.15, -0.1) is 0 Å². The maximum atomic E-state index is 11.6. The van der Waals surface area contributed by atoms with E-state index < -0.39 is 29.9 Å². The van der Waals surface area contributed by atoms with Crippen LogP contribution in [0.3, 0.4) is 0 Å². The molecule has 0 saturated heterocycles. The Balaban J connectivity index is 0.000000380. The Morgan fingerprint density at radius 3 is 1.53 bits per heavy atom. The summed E-state index contributed by atoms with van der Waals surface area (Å²) in [4.78, 5) is 44.9. The van der Waals surface area contributed by atoms with Crippen LogP contribution in [0, 0.1) is 0 Å². The van der Waals surface area contributed by atoms with Gasteiger partial charge in [-0.3, -0.25) is 24.4 Å². The van der Waals surface area contributed by atoms with E-state index in [2.05, 4.69) is 15.4 Å². The third-order valence-electron chi connectivity index (χ3n) is 5.28. The van der Waals surface area contributed by atoms with Gasteiger partial charge in [0.1, 0.15) is 12.2 Å². The number of ether oxygens (including phenoxy) is 1. The van der Waals surface area contributed by atoms with Gasteiger partial charge in [-0.05, 0) is 62.8 Å². The summed E-state index contributed by atoms with van der Waals surface area (Å²) in [7, 11) is 1.34. The molecule has 0 aliphatic heterocycles. The fourth-order valence-electron chi connectivity index (χ4n) is 3.14. The lowest BCUT2D eigenvalue weighted by atomic mass is 10.1. The molecule has 2 atom stereocenters. The van der Waals surface area contributed by atoms with Gasteiger partial charge in [0.05, 0.1) is 7.11 Å². The number of carbonyl (C=O) groups is 4. The summed E-state index contributed by atoms with van der Waals surface area (Å²) < 4.78 is 4.50. The number of rotatable bonds is 14. The van der Waals surface area contributed by atoms with Crippen molar-refractivity contribution < 1.29 is 39.3 Å². The molecule has 0 saturated carbocycles. The molecule has 0 bridgehead atoms. The van der Waals surface area contributed by atoms with Crippen molar-refractivity contribution in [3.63, 3.8) is 0 Å². The minimum atomic E-state index is -1.10. The molecule has 11 nitrogen and oxygen atoms in total. The van der Waals surface area contributed by atoms with E-state index in [-0.39, 0.29) is 18.8 Å². The number of methoxy groups -OCH3 is 1. The number of unbranched alkanes of at least 4 members (excludes halogenated alkanes) is 2. The molecule has 0 spiro atoms. The maximum absolute atomic E-state index is 11.6. The number of hydroxylamine groups is 1. The van der Waals surface area contributed by atoms with E-state index in [0.29, 0.717) is 49.9 Å². The number of nitrogens with one attached hydrogen (secondary N) is 3. The lowest BCUT2D eigenvalue weighted by molar-refractivity contribution is -0.140. The summed E-state index contributed by atoms with van der Waals surface area (Å²) in [6, 6.07) is 17.8. The van der Waals surface area contributed by atoms with Crippen molar-refractivity contribution in [2.24, 2.45) is 0 Å². The number of hydrogen-bond donors (Lipinski definition) is 6. The molecule has 0 aliphatic rings. The number of hydrogen-bond acceptors (Lipinski definition) is 8. The molecule has 2 aromatic carbocycles. The Bertz CT molecular complexity index is 893. The molecule has 2 aromatic rings. The molecule has 0 aromatic heterocycles. The van der Waals surface area contributed by atoms with E-state index in [1.807, 2.05) is 12.1 Å². The highest BCUT2D eigenvalue weighted by molar-refractivity contribution is 5.94. The van der Waals surface area contributed by atoms with Crippen molar-refractivity contribution in [3.8, 4) is 0 Å². The summed E-state index contributed by atoms with van der Waals surface area (Å²) in [6.07, 6.45) is 1.15. The van der Waals surface area contributed by atoms with Crippen LogP contribution in [0.2, 0.25) is 0 Å².